The molecule has 4 heteroatoms. The Morgan fingerprint density at radius 2 is 2.40 bits per heavy atom. The normalized spacial score (nSPS) is 16.3. The molecule has 0 fully saturated rings. The largest absolute Gasteiger partial charge is 0.412 e. The number of aryl methyl sites for hydroxylation is 1. The highest BCUT2D eigenvalue weighted by atomic mass is 16.6. The highest BCUT2D eigenvalue weighted by molar-refractivity contribution is 5.70. The molecule has 0 saturated carbocycles. The number of benzene rings is 1. The van der Waals surface area contributed by atoms with Gasteiger partial charge in [0.2, 0.25) is 0 Å². The number of fused-ring (bicyclic) bond motifs is 1. The van der Waals surface area contributed by atoms with Gasteiger partial charge in [0.15, 0.2) is 0 Å². The second-order valence-electron chi connectivity index (χ2n) is 4.85. The molecule has 2 N–H and O–H groups in total. The number of hydrogen-bond acceptors (Lipinski definition) is 3. The Bertz CT molecular complexity index is 520. The molecule has 1 atom stereocenters. The van der Waals surface area contributed by atoms with Crippen molar-refractivity contribution in [3.63, 3.8) is 0 Å². The minimum Gasteiger partial charge on any atom is -0.410 e. The van der Waals surface area contributed by atoms with Crippen LogP contribution in [0.25, 0.3) is 0 Å². The van der Waals surface area contributed by atoms with Crippen molar-refractivity contribution in [2.75, 3.05) is 13.1 Å². The van der Waals surface area contributed by atoms with Crippen molar-refractivity contribution >= 4 is 6.09 Å². The van der Waals surface area contributed by atoms with Gasteiger partial charge in [0.1, 0.15) is 5.75 Å². The minimum atomic E-state index is -0.405. The fourth-order valence-electron chi connectivity index (χ4n) is 2.41. The van der Waals surface area contributed by atoms with Gasteiger partial charge in [0.25, 0.3) is 0 Å². The van der Waals surface area contributed by atoms with Crippen LogP contribution < -0.4 is 15.4 Å². The summed E-state index contributed by atoms with van der Waals surface area (Å²) in [4.78, 5) is 11.5. The lowest BCUT2D eigenvalue weighted by Gasteiger charge is -2.13. The molecule has 4 nitrogen and oxygen atoms in total. The summed E-state index contributed by atoms with van der Waals surface area (Å²) in [6, 6.07) is 6.05. The summed E-state index contributed by atoms with van der Waals surface area (Å²) in [5.74, 6) is 3.16. The van der Waals surface area contributed by atoms with Crippen LogP contribution in [-0.4, -0.2) is 19.2 Å². The first-order chi connectivity index (χ1) is 9.74. The van der Waals surface area contributed by atoms with Crippen LogP contribution in [0.1, 0.15) is 36.9 Å². The predicted molar refractivity (Wildman–Crippen MR) is 78.7 cm³/mol. The van der Waals surface area contributed by atoms with Gasteiger partial charge in [-0.3, -0.25) is 5.32 Å². The van der Waals surface area contributed by atoms with E-state index in [0.29, 0.717) is 18.8 Å². The van der Waals surface area contributed by atoms with E-state index in [1.54, 1.807) is 0 Å². The Balaban J connectivity index is 2.03. The van der Waals surface area contributed by atoms with Gasteiger partial charge in [0, 0.05) is 12.6 Å². The summed E-state index contributed by atoms with van der Waals surface area (Å²) < 4.78 is 5.28. The lowest BCUT2D eigenvalue weighted by atomic mass is 10.1. The zero-order chi connectivity index (χ0) is 14.4. The van der Waals surface area contributed by atoms with Crippen molar-refractivity contribution in [2.45, 2.75) is 32.2 Å². The van der Waals surface area contributed by atoms with E-state index in [1.165, 1.54) is 11.1 Å². The number of hydrogen-bond donors (Lipinski definition) is 2. The number of terminal acetylenes is 1. The van der Waals surface area contributed by atoms with Crippen molar-refractivity contribution in [2.24, 2.45) is 0 Å². The van der Waals surface area contributed by atoms with Crippen molar-refractivity contribution in [1.82, 2.24) is 10.6 Å². The SMILES string of the molecule is C#CCN[C@@H]1CCc2ccc(OC(=O)NCCC)cc21. The monoisotopic (exact) mass is 272 g/mol. The molecular weight excluding hydrogens is 252 g/mol. The second kappa shape index (κ2) is 6.97. The molecule has 0 aliphatic heterocycles. The molecule has 0 radical (unpaired) electrons. The molecule has 0 saturated heterocycles. The van der Waals surface area contributed by atoms with Gasteiger partial charge < -0.3 is 10.1 Å². The lowest BCUT2D eigenvalue weighted by Crippen LogP contribution is -2.27. The Kier molecular flexibility index (Phi) is 5.03. The van der Waals surface area contributed by atoms with Gasteiger partial charge in [-0.15, -0.1) is 6.42 Å². The van der Waals surface area contributed by atoms with Crippen molar-refractivity contribution in [3.8, 4) is 18.1 Å². The molecule has 0 bridgehead atoms. The molecular formula is C16H20N2O2. The van der Waals surface area contributed by atoms with Crippen LogP contribution in [0, 0.1) is 12.3 Å². The molecule has 0 aromatic heterocycles. The maximum atomic E-state index is 11.5. The van der Waals surface area contributed by atoms with Crippen molar-refractivity contribution < 1.29 is 9.53 Å². The standard InChI is InChI=1S/C16H20N2O2/c1-3-9-17-15-8-6-12-5-7-13(11-14(12)15)20-16(19)18-10-4-2/h1,5,7,11,15,17H,4,6,8-10H2,2H3,(H,18,19)/t15-/m1/s1. The maximum absolute atomic E-state index is 11.5. The van der Waals surface area contributed by atoms with Crippen molar-refractivity contribution in [3.05, 3.63) is 29.3 Å². The molecule has 1 aromatic rings. The molecule has 0 heterocycles. The molecule has 1 amide bonds. The number of nitrogens with one attached hydrogen (secondary N) is 2. The third kappa shape index (κ3) is 3.52. The number of rotatable bonds is 5. The molecule has 1 aliphatic carbocycles. The van der Waals surface area contributed by atoms with Gasteiger partial charge >= 0.3 is 6.09 Å². The van der Waals surface area contributed by atoms with Crippen LogP contribution in [0.5, 0.6) is 5.75 Å². The van der Waals surface area contributed by atoms with E-state index in [0.717, 1.165) is 19.3 Å². The Morgan fingerprint density at radius 1 is 1.55 bits per heavy atom. The van der Waals surface area contributed by atoms with Crippen LogP contribution in [-0.2, 0) is 6.42 Å². The van der Waals surface area contributed by atoms with Gasteiger partial charge in [-0.2, -0.15) is 0 Å². The van der Waals surface area contributed by atoms with Crippen LogP contribution in [0.2, 0.25) is 0 Å². The average molecular weight is 272 g/mol. The molecule has 2 rings (SSSR count). The summed E-state index contributed by atoms with van der Waals surface area (Å²) >= 11 is 0. The van der Waals surface area contributed by atoms with E-state index in [4.69, 9.17) is 11.2 Å². The van der Waals surface area contributed by atoms with E-state index in [9.17, 15) is 4.79 Å². The molecule has 1 aromatic carbocycles. The van der Waals surface area contributed by atoms with E-state index in [1.807, 2.05) is 25.1 Å². The van der Waals surface area contributed by atoms with Crippen molar-refractivity contribution in [1.29, 1.82) is 0 Å². The predicted octanol–water partition coefficient (Wildman–Crippen LogP) is 2.40. The molecule has 1 aliphatic rings. The topological polar surface area (TPSA) is 50.4 Å². The summed E-state index contributed by atoms with van der Waals surface area (Å²) in [6.45, 7) is 3.17. The number of carbonyl (C=O) groups excluding carboxylic acids is 1. The quantitative estimate of drug-likeness (QED) is 0.809. The molecule has 20 heavy (non-hydrogen) atoms. The fourth-order valence-corrected chi connectivity index (χ4v) is 2.41. The summed E-state index contributed by atoms with van der Waals surface area (Å²) in [6.07, 6.45) is 7.82. The Hall–Kier alpha value is -1.99. The first-order valence-electron chi connectivity index (χ1n) is 7.00. The van der Waals surface area contributed by atoms with Crippen LogP contribution in [0.3, 0.4) is 0 Å². The Morgan fingerprint density at radius 3 is 3.15 bits per heavy atom. The zero-order valence-electron chi connectivity index (χ0n) is 11.7. The number of ether oxygens (including phenoxy) is 1. The first-order valence-corrected chi connectivity index (χ1v) is 7.00. The summed E-state index contributed by atoms with van der Waals surface area (Å²) in [5, 5.41) is 6.00. The average Bonchev–Trinajstić information content (AvgIpc) is 2.85. The van der Waals surface area contributed by atoms with Gasteiger partial charge in [0.05, 0.1) is 6.54 Å². The van der Waals surface area contributed by atoms with Gasteiger partial charge in [-0.25, -0.2) is 4.79 Å². The van der Waals surface area contributed by atoms with Gasteiger partial charge in [-0.1, -0.05) is 18.9 Å². The number of amides is 1. The van der Waals surface area contributed by atoms with E-state index in [-0.39, 0.29) is 6.04 Å². The van der Waals surface area contributed by atoms with E-state index in [2.05, 4.69) is 16.6 Å². The van der Waals surface area contributed by atoms with Gasteiger partial charge in [-0.05, 0) is 42.5 Å². The third-order valence-corrected chi connectivity index (χ3v) is 3.38. The molecule has 106 valence electrons. The summed E-state index contributed by atoms with van der Waals surface area (Å²) in [7, 11) is 0. The highest BCUT2D eigenvalue weighted by Crippen LogP contribution is 2.33. The maximum Gasteiger partial charge on any atom is 0.412 e. The highest BCUT2D eigenvalue weighted by Gasteiger charge is 2.22. The lowest BCUT2D eigenvalue weighted by molar-refractivity contribution is 0.200. The van der Waals surface area contributed by atoms with Crippen LogP contribution >= 0.6 is 0 Å². The smallest absolute Gasteiger partial charge is 0.410 e. The Labute approximate surface area is 119 Å². The van der Waals surface area contributed by atoms with Crippen LogP contribution in [0.15, 0.2) is 18.2 Å². The fraction of sp³-hybridized carbons (Fsp3) is 0.438. The minimum absolute atomic E-state index is 0.253. The zero-order valence-corrected chi connectivity index (χ0v) is 11.7. The second-order valence-corrected chi connectivity index (χ2v) is 4.85. The summed E-state index contributed by atoms with van der Waals surface area (Å²) in [5.41, 5.74) is 2.47. The van der Waals surface area contributed by atoms with Crippen LogP contribution in [0.4, 0.5) is 4.79 Å². The third-order valence-electron chi connectivity index (χ3n) is 3.38. The molecule has 0 unspecified atom stereocenters. The van der Waals surface area contributed by atoms with E-state index >= 15 is 0 Å². The molecule has 0 spiro atoms. The van der Waals surface area contributed by atoms with E-state index < -0.39 is 6.09 Å². The first kappa shape index (κ1) is 14.4. The number of carbonyl (C=O) groups is 1.